The van der Waals surface area contributed by atoms with Crippen LogP contribution < -0.4 is 4.74 Å². The summed E-state index contributed by atoms with van der Waals surface area (Å²) >= 11 is 1.88. The molecule has 114 valence electrons. The summed E-state index contributed by atoms with van der Waals surface area (Å²) in [5.74, 6) is 2.01. The van der Waals surface area contributed by atoms with E-state index in [0.717, 1.165) is 17.1 Å². The molecule has 0 aliphatic rings. The van der Waals surface area contributed by atoms with Gasteiger partial charge in [0.1, 0.15) is 5.75 Å². The molecule has 2 rings (SSSR count). The van der Waals surface area contributed by atoms with E-state index in [9.17, 15) is 0 Å². The van der Waals surface area contributed by atoms with Gasteiger partial charge in [-0.1, -0.05) is 55.8 Å². The molecule has 0 aliphatic carbocycles. The maximum Gasteiger partial charge on any atom is 0.118 e. The van der Waals surface area contributed by atoms with Crippen molar-refractivity contribution >= 4 is 22.7 Å². The minimum atomic E-state index is 0.877. The number of benzene rings is 2. The van der Waals surface area contributed by atoms with Crippen molar-refractivity contribution in [3.05, 3.63) is 71.5 Å². The van der Waals surface area contributed by atoms with Gasteiger partial charge in [-0.25, -0.2) is 0 Å². The predicted molar refractivity (Wildman–Crippen MR) is 98.2 cm³/mol. The van der Waals surface area contributed by atoms with Gasteiger partial charge in [0.15, 0.2) is 0 Å². The van der Waals surface area contributed by atoms with Crippen LogP contribution in [0, 0.1) is 0 Å². The molecule has 2 aromatic carbocycles. The topological polar surface area (TPSA) is 9.23 Å². The predicted octanol–water partition coefficient (Wildman–Crippen LogP) is 5.88. The fraction of sp³-hybridized carbons (Fsp3) is 0.250. The van der Waals surface area contributed by atoms with Gasteiger partial charge in [-0.15, -0.1) is 17.5 Å². The molecule has 2 aromatic rings. The van der Waals surface area contributed by atoms with Crippen LogP contribution in [0.5, 0.6) is 5.75 Å². The molecule has 0 fully saturated rings. The van der Waals surface area contributed by atoms with E-state index in [4.69, 9.17) is 4.74 Å². The summed E-state index contributed by atoms with van der Waals surface area (Å²) in [6, 6.07) is 18.5. The van der Waals surface area contributed by atoms with Crippen LogP contribution in [0.25, 0.3) is 11.0 Å². The van der Waals surface area contributed by atoms with Crippen molar-refractivity contribution in [1.82, 2.24) is 0 Å². The lowest BCUT2D eigenvalue weighted by atomic mass is 10.2. The Balaban J connectivity index is 2.23. The van der Waals surface area contributed by atoms with Crippen molar-refractivity contribution in [1.29, 1.82) is 0 Å². The summed E-state index contributed by atoms with van der Waals surface area (Å²) in [4.78, 5) is 1.20. The van der Waals surface area contributed by atoms with Crippen LogP contribution >= 0.6 is 11.8 Å². The van der Waals surface area contributed by atoms with Crippen LogP contribution in [0.1, 0.15) is 30.9 Å². The Labute approximate surface area is 137 Å². The van der Waals surface area contributed by atoms with E-state index in [1.54, 1.807) is 7.11 Å². The highest BCUT2D eigenvalue weighted by Crippen LogP contribution is 2.27. The number of unbranched alkanes of at least 4 members (excludes halogenated alkanes) is 1. The van der Waals surface area contributed by atoms with Crippen LogP contribution in [0.15, 0.2) is 60.3 Å². The van der Waals surface area contributed by atoms with E-state index in [1.807, 2.05) is 48.2 Å². The standard InChI is InChI=1S/C20H22OS/c1-3-4-16-22-20(18-8-6-5-7-9-18)15-12-17-10-13-19(21-2)14-11-17/h5-14H,3-4,16H2,1-2H3. The van der Waals surface area contributed by atoms with Gasteiger partial charge in [0.25, 0.3) is 0 Å². The Hall–Kier alpha value is -1.89. The molecule has 0 unspecified atom stereocenters. The molecule has 0 bridgehead atoms. The first-order valence-electron chi connectivity index (χ1n) is 7.62. The normalized spacial score (nSPS) is 9.91. The van der Waals surface area contributed by atoms with Crippen molar-refractivity contribution in [3.8, 4) is 5.75 Å². The third-order valence-corrected chi connectivity index (χ3v) is 4.40. The fourth-order valence-electron chi connectivity index (χ4n) is 1.97. The number of thioether (sulfide) groups is 1. The molecule has 0 spiro atoms. The third kappa shape index (κ3) is 5.14. The van der Waals surface area contributed by atoms with Crippen molar-refractivity contribution in [2.24, 2.45) is 0 Å². The highest BCUT2D eigenvalue weighted by molar-refractivity contribution is 8.08. The Morgan fingerprint density at radius 3 is 2.45 bits per heavy atom. The second-order valence-electron chi connectivity index (χ2n) is 4.96. The maximum absolute atomic E-state index is 5.19. The summed E-state index contributed by atoms with van der Waals surface area (Å²) in [7, 11) is 1.68. The van der Waals surface area contributed by atoms with Crippen LogP contribution in [-0.2, 0) is 0 Å². The maximum atomic E-state index is 5.19. The van der Waals surface area contributed by atoms with E-state index in [0.29, 0.717) is 0 Å². The minimum absolute atomic E-state index is 0.877. The molecule has 1 nitrogen and oxygen atoms in total. The lowest BCUT2D eigenvalue weighted by Gasteiger charge is -2.04. The highest BCUT2D eigenvalue weighted by atomic mass is 32.2. The van der Waals surface area contributed by atoms with Gasteiger partial charge in [0.05, 0.1) is 12.0 Å². The minimum Gasteiger partial charge on any atom is -0.497 e. The lowest BCUT2D eigenvalue weighted by Crippen LogP contribution is -1.82. The smallest absolute Gasteiger partial charge is 0.118 e. The molecule has 0 radical (unpaired) electrons. The summed E-state index contributed by atoms with van der Waals surface area (Å²) in [5.41, 5.74) is 5.82. The molecule has 0 N–H and O–H groups in total. The molecule has 0 aliphatic heterocycles. The molecule has 2 heteroatoms. The van der Waals surface area contributed by atoms with Gasteiger partial charge < -0.3 is 4.74 Å². The lowest BCUT2D eigenvalue weighted by molar-refractivity contribution is 0.415. The Morgan fingerprint density at radius 2 is 1.82 bits per heavy atom. The second-order valence-corrected chi connectivity index (χ2v) is 6.06. The average Bonchev–Trinajstić information content (AvgIpc) is 2.59. The second kappa shape index (κ2) is 9.19. The zero-order valence-electron chi connectivity index (χ0n) is 13.2. The summed E-state index contributed by atoms with van der Waals surface area (Å²) < 4.78 is 5.19. The largest absolute Gasteiger partial charge is 0.497 e. The van der Waals surface area contributed by atoms with E-state index < -0.39 is 0 Å². The number of hydrogen-bond donors (Lipinski definition) is 0. The van der Waals surface area contributed by atoms with E-state index in [-0.39, 0.29) is 0 Å². The van der Waals surface area contributed by atoms with E-state index in [2.05, 4.69) is 36.9 Å². The third-order valence-electron chi connectivity index (χ3n) is 3.27. The van der Waals surface area contributed by atoms with Gasteiger partial charge in [-0.3, -0.25) is 0 Å². The monoisotopic (exact) mass is 310 g/mol. The number of hydrogen-bond acceptors (Lipinski definition) is 2. The molecule has 0 amide bonds. The first kappa shape index (κ1) is 16.5. The number of ether oxygens (including phenoxy) is 1. The fourth-order valence-corrected chi connectivity index (χ4v) is 3.05. The zero-order chi connectivity index (χ0) is 15.6. The Kier molecular flexibility index (Phi) is 6.89. The molecule has 0 saturated carbocycles. The average molecular weight is 310 g/mol. The Morgan fingerprint density at radius 1 is 1.09 bits per heavy atom. The first-order valence-corrected chi connectivity index (χ1v) is 8.61. The molecule has 22 heavy (non-hydrogen) atoms. The molecule has 0 saturated heterocycles. The number of methoxy groups -OCH3 is 1. The van der Waals surface area contributed by atoms with Crippen LogP contribution in [-0.4, -0.2) is 12.9 Å². The van der Waals surface area contributed by atoms with Gasteiger partial charge in [0.2, 0.25) is 0 Å². The summed E-state index contributed by atoms with van der Waals surface area (Å²) in [5, 5.41) is 0. The van der Waals surface area contributed by atoms with E-state index in [1.165, 1.54) is 23.3 Å². The van der Waals surface area contributed by atoms with Gasteiger partial charge >= 0.3 is 0 Å². The SMILES string of the molecule is CCCCSC(=C=Cc1ccc(OC)cc1)c1ccccc1. The zero-order valence-corrected chi connectivity index (χ0v) is 14.0. The van der Waals surface area contributed by atoms with E-state index >= 15 is 0 Å². The molecule has 0 aromatic heterocycles. The Bertz CT molecular complexity index is 623. The number of rotatable bonds is 7. The van der Waals surface area contributed by atoms with Crippen molar-refractivity contribution in [2.45, 2.75) is 19.8 Å². The van der Waals surface area contributed by atoms with Crippen LogP contribution in [0.3, 0.4) is 0 Å². The highest BCUT2D eigenvalue weighted by Gasteiger charge is 2.00. The molecule has 0 atom stereocenters. The van der Waals surface area contributed by atoms with Crippen molar-refractivity contribution in [3.63, 3.8) is 0 Å². The molecular weight excluding hydrogens is 288 g/mol. The van der Waals surface area contributed by atoms with Crippen molar-refractivity contribution in [2.75, 3.05) is 12.9 Å². The van der Waals surface area contributed by atoms with Gasteiger partial charge in [0, 0.05) is 0 Å². The van der Waals surface area contributed by atoms with Crippen molar-refractivity contribution < 1.29 is 4.74 Å². The molecular formula is C20H22OS. The van der Waals surface area contributed by atoms with Gasteiger partial charge in [-0.2, -0.15) is 0 Å². The van der Waals surface area contributed by atoms with Crippen LogP contribution in [0.2, 0.25) is 0 Å². The summed E-state index contributed by atoms with van der Waals surface area (Å²) in [6.07, 6.45) is 4.49. The quantitative estimate of drug-likeness (QED) is 0.466. The molecule has 0 heterocycles. The van der Waals surface area contributed by atoms with Crippen LogP contribution in [0.4, 0.5) is 0 Å². The van der Waals surface area contributed by atoms with Gasteiger partial charge in [-0.05, 0) is 41.5 Å². The first-order chi connectivity index (χ1) is 10.8. The summed E-state index contributed by atoms with van der Waals surface area (Å²) in [6.45, 7) is 2.22.